The maximum Gasteiger partial charge on any atom is 0.329 e. The maximum absolute atomic E-state index is 10.6. The Morgan fingerprint density at radius 1 is 1.33 bits per heavy atom. The van der Waals surface area contributed by atoms with E-state index in [9.17, 15) is 4.79 Å². The van der Waals surface area contributed by atoms with Gasteiger partial charge < -0.3 is 9.84 Å². The Morgan fingerprint density at radius 2 is 1.86 bits per heavy atom. The summed E-state index contributed by atoms with van der Waals surface area (Å²) in [5, 5.41) is 8.71. The number of nitrogens with zero attached hydrogens (tertiary/aromatic N) is 1. The number of aryl methyl sites for hydroxylation is 3. The standard InChI is InChI=1S/C17H25NO3/c1-11-6-12(2)16(13(3)7-11)14(4)18-9-17(5,10-18)21-8-15(19)20/h6-7,14H,8-10H2,1-5H3,(H,19,20). The third kappa shape index (κ3) is 3.44. The van der Waals surface area contributed by atoms with Crippen molar-refractivity contribution in [1.29, 1.82) is 0 Å². The highest BCUT2D eigenvalue weighted by molar-refractivity contribution is 5.68. The predicted molar refractivity (Wildman–Crippen MR) is 82.6 cm³/mol. The van der Waals surface area contributed by atoms with Crippen molar-refractivity contribution in [2.24, 2.45) is 0 Å². The molecule has 0 aliphatic carbocycles. The van der Waals surface area contributed by atoms with Gasteiger partial charge in [0.05, 0.1) is 5.60 Å². The Kier molecular flexibility index (Phi) is 4.40. The van der Waals surface area contributed by atoms with Gasteiger partial charge in [0.25, 0.3) is 0 Å². The number of carbonyl (C=O) groups is 1. The largest absolute Gasteiger partial charge is 0.480 e. The molecule has 0 bridgehead atoms. The van der Waals surface area contributed by atoms with Crippen LogP contribution in [0.2, 0.25) is 0 Å². The number of likely N-dealkylation sites (tertiary alicyclic amines) is 1. The summed E-state index contributed by atoms with van der Waals surface area (Å²) in [7, 11) is 0. The quantitative estimate of drug-likeness (QED) is 0.906. The summed E-state index contributed by atoms with van der Waals surface area (Å²) in [5.41, 5.74) is 4.97. The van der Waals surface area contributed by atoms with Gasteiger partial charge in [0.15, 0.2) is 0 Å². The van der Waals surface area contributed by atoms with Crippen molar-refractivity contribution in [3.8, 4) is 0 Å². The summed E-state index contributed by atoms with van der Waals surface area (Å²) in [6.45, 7) is 11.9. The van der Waals surface area contributed by atoms with Gasteiger partial charge in [0.1, 0.15) is 6.61 Å². The van der Waals surface area contributed by atoms with Gasteiger partial charge in [-0.1, -0.05) is 17.7 Å². The van der Waals surface area contributed by atoms with Crippen LogP contribution in [-0.4, -0.2) is 41.3 Å². The SMILES string of the molecule is Cc1cc(C)c(C(C)N2CC(C)(OCC(=O)O)C2)c(C)c1. The Labute approximate surface area is 126 Å². The molecule has 1 atom stereocenters. The zero-order valence-corrected chi connectivity index (χ0v) is 13.6. The molecule has 116 valence electrons. The first kappa shape index (κ1) is 16.0. The average Bonchev–Trinajstić information content (AvgIpc) is 2.31. The molecule has 1 N–H and O–H groups in total. The first-order chi connectivity index (χ1) is 9.72. The molecule has 1 saturated heterocycles. The zero-order chi connectivity index (χ0) is 15.8. The van der Waals surface area contributed by atoms with E-state index in [1.165, 1.54) is 22.3 Å². The predicted octanol–water partition coefficient (Wildman–Crippen LogP) is 2.85. The van der Waals surface area contributed by atoms with Gasteiger partial charge in [-0.05, 0) is 51.3 Å². The Balaban J connectivity index is 2.04. The van der Waals surface area contributed by atoms with Crippen molar-refractivity contribution < 1.29 is 14.6 Å². The number of carboxylic acid groups (broad SMARTS) is 1. The van der Waals surface area contributed by atoms with Crippen LogP contribution in [-0.2, 0) is 9.53 Å². The van der Waals surface area contributed by atoms with E-state index in [1.54, 1.807) is 0 Å². The van der Waals surface area contributed by atoms with Crippen molar-refractivity contribution in [2.45, 2.75) is 46.3 Å². The summed E-state index contributed by atoms with van der Waals surface area (Å²) >= 11 is 0. The number of hydrogen-bond donors (Lipinski definition) is 1. The Hall–Kier alpha value is -1.39. The molecular weight excluding hydrogens is 266 g/mol. The van der Waals surface area contributed by atoms with Crippen LogP contribution in [0.1, 0.15) is 42.1 Å². The first-order valence-electron chi connectivity index (χ1n) is 7.39. The van der Waals surface area contributed by atoms with Crippen molar-refractivity contribution in [3.63, 3.8) is 0 Å². The van der Waals surface area contributed by atoms with Crippen LogP contribution in [0, 0.1) is 20.8 Å². The van der Waals surface area contributed by atoms with Gasteiger partial charge in [-0.3, -0.25) is 4.90 Å². The summed E-state index contributed by atoms with van der Waals surface area (Å²) in [5.74, 6) is -0.909. The molecule has 1 aromatic rings. The first-order valence-corrected chi connectivity index (χ1v) is 7.39. The molecule has 0 radical (unpaired) electrons. The van der Waals surface area contributed by atoms with Crippen LogP contribution in [0.25, 0.3) is 0 Å². The molecule has 1 aromatic carbocycles. The van der Waals surface area contributed by atoms with Crippen LogP contribution >= 0.6 is 0 Å². The molecule has 2 rings (SSSR count). The van der Waals surface area contributed by atoms with E-state index in [0.717, 1.165) is 13.1 Å². The highest BCUT2D eigenvalue weighted by Crippen LogP contribution is 2.35. The zero-order valence-electron chi connectivity index (χ0n) is 13.6. The monoisotopic (exact) mass is 291 g/mol. The van der Waals surface area contributed by atoms with E-state index < -0.39 is 5.97 Å². The molecule has 4 nitrogen and oxygen atoms in total. The van der Waals surface area contributed by atoms with E-state index in [2.05, 4.69) is 44.7 Å². The number of carboxylic acids is 1. The molecule has 1 aliphatic heterocycles. The number of ether oxygens (including phenoxy) is 1. The van der Waals surface area contributed by atoms with Crippen molar-refractivity contribution in [3.05, 3.63) is 34.4 Å². The summed E-state index contributed by atoms with van der Waals surface area (Å²) < 4.78 is 5.48. The minimum absolute atomic E-state index is 0.221. The summed E-state index contributed by atoms with van der Waals surface area (Å²) in [6.07, 6.45) is 0. The van der Waals surface area contributed by atoms with Crippen LogP contribution in [0.3, 0.4) is 0 Å². The fourth-order valence-electron chi connectivity index (χ4n) is 3.45. The smallest absolute Gasteiger partial charge is 0.329 e. The lowest BCUT2D eigenvalue weighted by atomic mass is 9.88. The van der Waals surface area contributed by atoms with Crippen molar-refractivity contribution in [2.75, 3.05) is 19.7 Å². The second-order valence-electron chi connectivity index (χ2n) is 6.53. The lowest BCUT2D eigenvalue weighted by Gasteiger charge is -2.50. The van der Waals surface area contributed by atoms with Gasteiger partial charge in [-0.15, -0.1) is 0 Å². The van der Waals surface area contributed by atoms with E-state index in [4.69, 9.17) is 9.84 Å². The van der Waals surface area contributed by atoms with E-state index in [-0.39, 0.29) is 12.2 Å². The van der Waals surface area contributed by atoms with Crippen LogP contribution < -0.4 is 0 Å². The van der Waals surface area contributed by atoms with Crippen molar-refractivity contribution in [1.82, 2.24) is 4.90 Å². The fraction of sp³-hybridized carbons (Fsp3) is 0.588. The molecule has 1 aliphatic rings. The molecule has 0 spiro atoms. The highest BCUT2D eigenvalue weighted by Gasteiger charge is 2.42. The van der Waals surface area contributed by atoms with Crippen LogP contribution in [0.5, 0.6) is 0 Å². The van der Waals surface area contributed by atoms with Crippen LogP contribution in [0.4, 0.5) is 0 Å². The van der Waals surface area contributed by atoms with Crippen molar-refractivity contribution >= 4 is 5.97 Å². The minimum Gasteiger partial charge on any atom is -0.480 e. The Morgan fingerprint density at radius 3 is 2.33 bits per heavy atom. The van der Waals surface area contributed by atoms with E-state index >= 15 is 0 Å². The Bertz CT molecular complexity index is 524. The average molecular weight is 291 g/mol. The van der Waals surface area contributed by atoms with Gasteiger partial charge in [-0.25, -0.2) is 4.79 Å². The third-order valence-corrected chi connectivity index (χ3v) is 4.32. The second kappa shape index (κ2) is 5.78. The number of benzene rings is 1. The molecule has 1 heterocycles. The van der Waals surface area contributed by atoms with E-state index in [1.807, 2.05) is 6.92 Å². The van der Waals surface area contributed by atoms with E-state index in [0.29, 0.717) is 6.04 Å². The third-order valence-electron chi connectivity index (χ3n) is 4.32. The summed E-state index contributed by atoms with van der Waals surface area (Å²) in [6, 6.07) is 4.77. The van der Waals surface area contributed by atoms with Gasteiger partial charge in [-0.2, -0.15) is 0 Å². The molecule has 0 saturated carbocycles. The number of aliphatic carboxylic acids is 1. The maximum atomic E-state index is 10.6. The number of hydrogen-bond acceptors (Lipinski definition) is 3. The molecule has 4 heteroatoms. The number of rotatable bonds is 5. The highest BCUT2D eigenvalue weighted by atomic mass is 16.5. The topological polar surface area (TPSA) is 49.8 Å². The molecule has 0 aromatic heterocycles. The lowest BCUT2D eigenvalue weighted by Crippen LogP contribution is -2.62. The second-order valence-corrected chi connectivity index (χ2v) is 6.53. The lowest BCUT2D eigenvalue weighted by molar-refractivity contribution is -0.169. The normalized spacial score (nSPS) is 19.1. The van der Waals surface area contributed by atoms with Gasteiger partial charge >= 0.3 is 5.97 Å². The van der Waals surface area contributed by atoms with Crippen LogP contribution in [0.15, 0.2) is 12.1 Å². The van der Waals surface area contributed by atoms with Gasteiger partial charge in [0, 0.05) is 19.1 Å². The molecule has 1 unspecified atom stereocenters. The molecule has 1 fully saturated rings. The minimum atomic E-state index is -0.909. The molecule has 0 amide bonds. The summed E-state index contributed by atoms with van der Waals surface area (Å²) in [4.78, 5) is 12.9. The molecule has 21 heavy (non-hydrogen) atoms. The fourth-order valence-corrected chi connectivity index (χ4v) is 3.45. The molecular formula is C17H25NO3. The van der Waals surface area contributed by atoms with Gasteiger partial charge in [0.2, 0.25) is 0 Å².